The first-order valence-corrected chi connectivity index (χ1v) is 13.5. The zero-order chi connectivity index (χ0) is 26.4. The van der Waals surface area contributed by atoms with Gasteiger partial charge in [0.2, 0.25) is 0 Å². The molecule has 0 N–H and O–H groups in total. The van der Waals surface area contributed by atoms with Crippen LogP contribution in [0, 0.1) is 0 Å². The van der Waals surface area contributed by atoms with E-state index in [0.717, 1.165) is 83.1 Å². The normalized spacial score (nSPS) is 19.6. The molecule has 0 spiro atoms. The van der Waals surface area contributed by atoms with Gasteiger partial charge in [0.25, 0.3) is 0 Å². The van der Waals surface area contributed by atoms with Gasteiger partial charge in [0.1, 0.15) is 5.75 Å². The molecule has 0 amide bonds. The van der Waals surface area contributed by atoms with Gasteiger partial charge in [0.05, 0.1) is 12.7 Å². The Balaban J connectivity index is 1.45. The van der Waals surface area contributed by atoms with Crippen molar-refractivity contribution in [3.8, 4) is 5.75 Å². The van der Waals surface area contributed by atoms with Crippen molar-refractivity contribution in [3.63, 3.8) is 0 Å². The Morgan fingerprint density at radius 1 is 0.892 bits per heavy atom. The summed E-state index contributed by atoms with van der Waals surface area (Å²) in [5, 5.41) is 0. The Labute approximate surface area is 219 Å². The molecule has 1 atom stereocenters. The molecule has 0 aliphatic carbocycles. The van der Waals surface area contributed by atoms with Crippen LogP contribution < -0.4 is 9.64 Å². The number of anilines is 1. The van der Waals surface area contributed by atoms with Gasteiger partial charge in [-0.1, -0.05) is 25.5 Å². The van der Waals surface area contributed by atoms with E-state index in [2.05, 4.69) is 45.7 Å². The van der Waals surface area contributed by atoms with E-state index in [4.69, 9.17) is 4.74 Å². The summed E-state index contributed by atoms with van der Waals surface area (Å²) < 4.78 is 47.1. The summed E-state index contributed by atoms with van der Waals surface area (Å²) in [5.74, 6) is 0.846. The zero-order valence-corrected chi connectivity index (χ0v) is 22.4. The highest BCUT2D eigenvalue weighted by Crippen LogP contribution is 2.35. The minimum absolute atomic E-state index is 0.313. The van der Waals surface area contributed by atoms with E-state index in [-0.39, 0.29) is 0 Å². The van der Waals surface area contributed by atoms with E-state index in [1.807, 2.05) is 12.1 Å². The fourth-order valence-electron chi connectivity index (χ4n) is 5.62. The van der Waals surface area contributed by atoms with Crippen LogP contribution in [0.1, 0.15) is 48.9 Å². The molecule has 5 nitrogen and oxygen atoms in total. The smallest absolute Gasteiger partial charge is 0.416 e. The molecule has 37 heavy (non-hydrogen) atoms. The maximum Gasteiger partial charge on any atom is 0.416 e. The van der Waals surface area contributed by atoms with E-state index in [1.54, 1.807) is 19.2 Å². The molecular formula is C29H41F3N4O. The Morgan fingerprint density at radius 2 is 1.62 bits per heavy atom. The van der Waals surface area contributed by atoms with Crippen LogP contribution in [0.3, 0.4) is 0 Å². The number of alkyl halides is 3. The average molecular weight is 519 g/mol. The zero-order valence-electron chi connectivity index (χ0n) is 22.4. The van der Waals surface area contributed by atoms with Crippen LogP contribution in [-0.2, 0) is 12.7 Å². The number of hydrogen-bond donors (Lipinski definition) is 0. The monoisotopic (exact) mass is 518 g/mol. The first kappa shape index (κ1) is 27.7. The molecule has 2 heterocycles. The van der Waals surface area contributed by atoms with Gasteiger partial charge in [-0.05, 0) is 67.9 Å². The first-order chi connectivity index (χ1) is 17.8. The average Bonchev–Trinajstić information content (AvgIpc) is 3.11. The van der Waals surface area contributed by atoms with Crippen LogP contribution in [0.5, 0.6) is 5.75 Å². The Hall–Kier alpha value is -2.29. The summed E-state index contributed by atoms with van der Waals surface area (Å²) in [6.07, 6.45) is -1.21. The topological polar surface area (TPSA) is 22.2 Å². The molecule has 1 unspecified atom stereocenters. The van der Waals surface area contributed by atoms with Crippen LogP contribution in [0.4, 0.5) is 18.9 Å². The summed E-state index contributed by atoms with van der Waals surface area (Å²) in [7, 11) is 3.77. The quantitative estimate of drug-likeness (QED) is 0.458. The third kappa shape index (κ3) is 7.18. The predicted molar refractivity (Wildman–Crippen MR) is 143 cm³/mol. The van der Waals surface area contributed by atoms with Crippen molar-refractivity contribution in [1.29, 1.82) is 0 Å². The van der Waals surface area contributed by atoms with Gasteiger partial charge in [-0.25, -0.2) is 0 Å². The van der Waals surface area contributed by atoms with Crippen molar-refractivity contribution in [1.82, 2.24) is 14.7 Å². The minimum Gasteiger partial charge on any atom is -0.497 e. The molecule has 2 aromatic carbocycles. The highest BCUT2D eigenvalue weighted by molar-refractivity contribution is 5.52. The highest BCUT2D eigenvalue weighted by atomic mass is 19.4. The van der Waals surface area contributed by atoms with Gasteiger partial charge in [-0.15, -0.1) is 0 Å². The van der Waals surface area contributed by atoms with Crippen molar-refractivity contribution in [2.75, 3.05) is 71.4 Å². The highest BCUT2D eigenvalue weighted by Gasteiger charge is 2.34. The van der Waals surface area contributed by atoms with Gasteiger partial charge >= 0.3 is 6.18 Å². The molecule has 2 aliphatic rings. The molecule has 0 radical (unpaired) electrons. The fraction of sp³-hybridized carbons (Fsp3) is 0.586. The van der Waals surface area contributed by atoms with Crippen molar-refractivity contribution < 1.29 is 17.9 Å². The third-order valence-electron chi connectivity index (χ3n) is 7.78. The standard InChI is InChI=1S/C29H41F3N4O/c1-4-6-28(23-7-10-26(37-3)11-8-23)36-19-16-34(17-20-36)22-24-21-25(9-12-27(24)29(30,31)32)35-14-5-13-33(2)15-18-35/h7-12,21,28H,4-6,13-20,22H2,1-3H3. The summed E-state index contributed by atoms with van der Waals surface area (Å²) >= 11 is 0. The van der Waals surface area contributed by atoms with Gasteiger partial charge in [0.15, 0.2) is 0 Å². The maximum atomic E-state index is 13.9. The molecule has 0 aromatic heterocycles. The van der Waals surface area contributed by atoms with Crippen LogP contribution in [0.15, 0.2) is 42.5 Å². The molecule has 2 fully saturated rings. The maximum absolute atomic E-state index is 13.9. The lowest BCUT2D eigenvalue weighted by molar-refractivity contribution is -0.138. The number of piperazine rings is 1. The Kier molecular flexibility index (Phi) is 9.37. The number of ether oxygens (including phenoxy) is 1. The van der Waals surface area contributed by atoms with Gasteiger partial charge < -0.3 is 14.5 Å². The van der Waals surface area contributed by atoms with E-state index in [1.165, 1.54) is 11.6 Å². The molecule has 8 heteroatoms. The van der Waals surface area contributed by atoms with E-state index in [9.17, 15) is 13.2 Å². The van der Waals surface area contributed by atoms with Crippen molar-refractivity contribution in [3.05, 3.63) is 59.2 Å². The van der Waals surface area contributed by atoms with E-state index >= 15 is 0 Å². The molecule has 4 rings (SSSR count). The number of rotatable bonds is 8. The van der Waals surface area contributed by atoms with Gasteiger partial charge in [-0.3, -0.25) is 9.80 Å². The van der Waals surface area contributed by atoms with E-state index < -0.39 is 11.7 Å². The van der Waals surface area contributed by atoms with E-state index in [0.29, 0.717) is 18.2 Å². The number of benzene rings is 2. The first-order valence-electron chi connectivity index (χ1n) is 13.5. The lowest BCUT2D eigenvalue weighted by atomic mass is 9.99. The summed E-state index contributed by atoms with van der Waals surface area (Å²) in [6.45, 7) is 9.37. The number of methoxy groups -OCH3 is 1. The molecule has 0 saturated carbocycles. The predicted octanol–water partition coefficient (Wildman–Crippen LogP) is 5.51. The van der Waals surface area contributed by atoms with Crippen molar-refractivity contribution in [2.45, 2.75) is 44.9 Å². The lowest BCUT2D eigenvalue weighted by Gasteiger charge is -2.40. The Bertz CT molecular complexity index is 990. The van der Waals surface area contributed by atoms with Crippen LogP contribution in [-0.4, -0.2) is 81.2 Å². The molecule has 204 valence electrons. The number of hydrogen-bond acceptors (Lipinski definition) is 5. The molecule has 2 saturated heterocycles. The molecular weight excluding hydrogens is 477 g/mol. The summed E-state index contributed by atoms with van der Waals surface area (Å²) in [6, 6.07) is 13.3. The number of likely N-dealkylation sites (N-methyl/N-ethyl adjacent to an activating group) is 1. The van der Waals surface area contributed by atoms with Crippen LogP contribution in [0.25, 0.3) is 0 Å². The largest absolute Gasteiger partial charge is 0.497 e. The van der Waals surface area contributed by atoms with Crippen LogP contribution >= 0.6 is 0 Å². The van der Waals surface area contributed by atoms with Gasteiger partial charge in [-0.2, -0.15) is 13.2 Å². The fourth-order valence-corrected chi connectivity index (χ4v) is 5.62. The molecule has 0 bridgehead atoms. The third-order valence-corrected chi connectivity index (χ3v) is 7.78. The molecule has 2 aliphatic heterocycles. The van der Waals surface area contributed by atoms with Gasteiger partial charge in [0, 0.05) is 64.1 Å². The lowest BCUT2D eigenvalue weighted by Crippen LogP contribution is -2.47. The second-order valence-corrected chi connectivity index (χ2v) is 10.4. The second kappa shape index (κ2) is 12.5. The SMILES string of the molecule is CCCC(c1ccc(OC)cc1)N1CCN(Cc2cc(N3CCCN(C)CC3)ccc2C(F)(F)F)CC1. The minimum atomic E-state index is -4.35. The van der Waals surface area contributed by atoms with Crippen molar-refractivity contribution >= 4 is 5.69 Å². The number of nitrogens with zero attached hydrogens (tertiary/aromatic N) is 4. The molecule has 2 aromatic rings. The second-order valence-electron chi connectivity index (χ2n) is 10.4. The summed E-state index contributed by atoms with van der Waals surface area (Å²) in [4.78, 5) is 9.17. The Morgan fingerprint density at radius 3 is 2.27 bits per heavy atom. The van der Waals surface area contributed by atoms with Crippen LogP contribution in [0.2, 0.25) is 0 Å². The van der Waals surface area contributed by atoms with Crippen molar-refractivity contribution in [2.24, 2.45) is 0 Å². The summed E-state index contributed by atoms with van der Waals surface area (Å²) in [5.41, 5.74) is 2.05. The number of halogens is 3.